The van der Waals surface area contributed by atoms with Crippen molar-refractivity contribution < 1.29 is 23.4 Å². The lowest BCUT2D eigenvalue weighted by Crippen LogP contribution is -2.08. The molecule has 0 bridgehead atoms. The third-order valence-corrected chi connectivity index (χ3v) is 1.89. The first-order valence-corrected chi connectivity index (χ1v) is 4.27. The Morgan fingerprint density at radius 1 is 1.47 bits per heavy atom. The topological polar surface area (TPSA) is 46.5 Å². The predicted molar refractivity (Wildman–Crippen MR) is 48.5 cm³/mol. The van der Waals surface area contributed by atoms with Gasteiger partial charge in [-0.25, -0.2) is 13.6 Å². The van der Waals surface area contributed by atoms with Crippen LogP contribution < -0.4 is 0 Å². The Balaban J connectivity index is 3.18. The summed E-state index contributed by atoms with van der Waals surface area (Å²) in [7, 11) is 1.08. The van der Waals surface area contributed by atoms with Gasteiger partial charge in [-0.1, -0.05) is 0 Å². The number of esters is 1. The zero-order valence-corrected chi connectivity index (χ0v) is 8.09. The van der Waals surface area contributed by atoms with Gasteiger partial charge in [-0.3, -0.25) is 0 Å². The molecule has 15 heavy (non-hydrogen) atoms. The molecule has 82 valence electrons. The van der Waals surface area contributed by atoms with Crippen LogP contribution in [0.2, 0.25) is 0 Å². The molecule has 0 aliphatic rings. The Morgan fingerprint density at radius 2 is 2.13 bits per heavy atom. The van der Waals surface area contributed by atoms with Gasteiger partial charge in [-0.05, 0) is 24.1 Å². The predicted octanol–water partition coefficient (Wildman–Crippen LogP) is 1.29. The molecule has 0 spiro atoms. The maximum atomic E-state index is 13.1. The van der Waals surface area contributed by atoms with E-state index in [-0.39, 0.29) is 13.0 Å². The minimum absolute atomic E-state index is 0.154. The Morgan fingerprint density at radius 3 is 2.67 bits per heavy atom. The summed E-state index contributed by atoms with van der Waals surface area (Å²) in [5.74, 6) is -3.30. The maximum absolute atomic E-state index is 13.1. The van der Waals surface area contributed by atoms with Gasteiger partial charge >= 0.3 is 5.97 Å². The Labute approximate surface area is 85.3 Å². The fourth-order valence-corrected chi connectivity index (χ4v) is 1.18. The normalized spacial score (nSPS) is 10.1. The molecule has 0 aliphatic heterocycles. The average Bonchev–Trinajstić information content (AvgIpc) is 2.22. The van der Waals surface area contributed by atoms with Gasteiger partial charge in [0.25, 0.3) is 0 Å². The summed E-state index contributed by atoms with van der Waals surface area (Å²) in [5.41, 5.74) is -0.113. The molecule has 0 atom stereocenters. The number of hydrogen-bond donors (Lipinski definition) is 1. The van der Waals surface area contributed by atoms with Gasteiger partial charge in [-0.2, -0.15) is 0 Å². The molecule has 1 N–H and O–H groups in total. The highest BCUT2D eigenvalue weighted by Crippen LogP contribution is 2.16. The highest BCUT2D eigenvalue weighted by atomic mass is 19.2. The summed E-state index contributed by atoms with van der Waals surface area (Å²) in [6.07, 6.45) is 0.154. The summed E-state index contributed by atoms with van der Waals surface area (Å²) in [4.78, 5) is 11.1. The monoisotopic (exact) mass is 216 g/mol. The fourth-order valence-electron chi connectivity index (χ4n) is 1.18. The van der Waals surface area contributed by atoms with Crippen molar-refractivity contribution in [2.24, 2.45) is 0 Å². The van der Waals surface area contributed by atoms with Crippen LogP contribution in [0.5, 0.6) is 0 Å². The van der Waals surface area contributed by atoms with Crippen molar-refractivity contribution in [3.8, 4) is 0 Å². The van der Waals surface area contributed by atoms with Crippen LogP contribution in [0.3, 0.4) is 0 Å². The number of hydrogen-bond acceptors (Lipinski definition) is 3. The molecule has 5 heteroatoms. The van der Waals surface area contributed by atoms with Crippen LogP contribution in [0, 0.1) is 11.6 Å². The fraction of sp³-hybridized carbons (Fsp3) is 0.300. The van der Waals surface area contributed by atoms with E-state index >= 15 is 0 Å². The van der Waals surface area contributed by atoms with Gasteiger partial charge < -0.3 is 9.84 Å². The smallest absolute Gasteiger partial charge is 0.340 e. The number of carbonyl (C=O) groups is 1. The highest BCUT2D eigenvalue weighted by molar-refractivity contribution is 5.89. The van der Waals surface area contributed by atoms with Gasteiger partial charge in [0.2, 0.25) is 0 Å². The molecule has 0 aliphatic carbocycles. The van der Waals surface area contributed by atoms with Crippen LogP contribution in [-0.2, 0) is 11.2 Å². The maximum Gasteiger partial charge on any atom is 0.340 e. The number of aliphatic hydroxyl groups excluding tert-OH is 1. The van der Waals surface area contributed by atoms with Crippen molar-refractivity contribution in [1.82, 2.24) is 0 Å². The SMILES string of the molecule is COC(=O)c1cc(CCO)cc(F)c1F. The lowest BCUT2D eigenvalue weighted by Gasteiger charge is -2.05. The number of benzene rings is 1. The van der Waals surface area contributed by atoms with Gasteiger partial charge in [0.1, 0.15) is 0 Å². The van der Waals surface area contributed by atoms with E-state index in [1.54, 1.807) is 0 Å². The van der Waals surface area contributed by atoms with Crippen molar-refractivity contribution in [2.75, 3.05) is 13.7 Å². The molecule has 1 rings (SSSR count). The van der Waals surface area contributed by atoms with Gasteiger partial charge in [0, 0.05) is 6.61 Å². The lowest BCUT2D eigenvalue weighted by molar-refractivity contribution is 0.0594. The lowest BCUT2D eigenvalue weighted by atomic mass is 10.1. The second-order valence-electron chi connectivity index (χ2n) is 2.90. The van der Waals surface area contributed by atoms with E-state index in [4.69, 9.17) is 5.11 Å². The summed E-state index contributed by atoms with van der Waals surface area (Å²) in [5, 5.41) is 8.63. The second-order valence-corrected chi connectivity index (χ2v) is 2.90. The Hall–Kier alpha value is -1.49. The first kappa shape index (κ1) is 11.6. The molecule has 0 saturated heterocycles. The Bertz CT molecular complexity index is 377. The van der Waals surface area contributed by atoms with Crippen molar-refractivity contribution in [3.05, 3.63) is 34.9 Å². The van der Waals surface area contributed by atoms with E-state index in [0.29, 0.717) is 5.56 Å². The van der Waals surface area contributed by atoms with Crippen LogP contribution in [-0.4, -0.2) is 24.8 Å². The zero-order valence-electron chi connectivity index (χ0n) is 8.09. The molecule has 0 radical (unpaired) electrons. The molecular weight excluding hydrogens is 206 g/mol. The molecule has 1 aromatic carbocycles. The molecule has 0 heterocycles. The number of rotatable bonds is 3. The summed E-state index contributed by atoms with van der Waals surface area (Å²) >= 11 is 0. The van der Waals surface area contributed by atoms with Gasteiger partial charge in [-0.15, -0.1) is 0 Å². The average molecular weight is 216 g/mol. The van der Waals surface area contributed by atoms with E-state index < -0.39 is 23.2 Å². The zero-order chi connectivity index (χ0) is 11.4. The standard InChI is InChI=1S/C10H10F2O3/c1-15-10(14)7-4-6(2-3-13)5-8(11)9(7)12/h4-5,13H,2-3H2,1H3. The van der Waals surface area contributed by atoms with Crippen LogP contribution in [0.1, 0.15) is 15.9 Å². The van der Waals surface area contributed by atoms with E-state index in [2.05, 4.69) is 4.74 Å². The second kappa shape index (κ2) is 4.84. The van der Waals surface area contributed by atoms with E-state index in [1.807, 2.05) is 0 Å². The largest absolute Gasteiger partial charge is 0.465 e. The van der Waals surface area contributed by atoms with Crippen molar-refractivity contribution in [3.63, 3.8) is 0 Å². The van der Waals surface area contributed by atoms with E-state index in [0.717, 1.165) is 13.2 Å². The summed E-state index contributed by atoms with van der Waals surface area (Å²) < 4.78 is 30.4. The highest BCUT2D eigenvalue weighted by Gasteiger charge is 2.17. The minimum Gasteiger partial charge on any atom is -0.465 e. The third-order valence-electron chi connectivity index (χ3n) is 1.89. The van der Waals surface area contributed by atoms with E-state index in [1.165, 1.54) is 6.07 Å². The molecule has 3 nitrogen and oxygen atoms in total. The summed E-state index contributed by atoms with van der Waals surface area (Å²) in [6, 6.07) is 2.11. The molecule has 0 fully saturated rings. The van der Waals surface area contributed by atoms with Crippen LogP contribution >= 0.6 is 0 Å². The van der Waals surface area contributed by atoms with Crippen LogP contribution in [0.15, 0.2) is 12.1 Å². The van der Waals surface area contributed by atoms with Crippen LogP contribution in [0.25, 0.3) is 0 Å². The van der Waals surface area contributed by atoms with Gasteiger partial charge in [0.15, 0.2) is 11.6 Å². The number of halogens is 2. The minimum atomic E-state index is -1.23. The number of ether oxygens (including phenoxy) is 1. The van der Waals surface area contributed by atoms with Crippen molar-refractivity contribution >= 4 is 5.97 Å². The molecule has 0 amide bonds. The molecule has 0 saturated carbocycles. The molecule has 1 aromatic rings. The number of aliphatic hydroxyl groups is 1. The van der Waals surface area contributed by atoms with Crippen LogP contribution in [0.4, 0.5) is 8.78 Å². The van der Waals surface area contributed by atoms with Crippen molar-refractivity contribution in [2.45, 2.75) is 6.42 Å². The molecule has 0 unspecified atom stereocenters. The first-order chi connectivity index (χ1) is 7.10. The summed E-state index contributed by atoms with van der Waals surface area (Å²) in [6.45, 7) is -0.203. The number of methoxy groups -OCH3 is 1. The molecular formula is C10H10F2O3. The molecule has 0 aromatic heterocycles. The van der Waals surface area contributed by atoms with E-state index in [9.17, 15) is 13.6 Å². The van der Waals surface area contributed by atoms with Crippen molar-refractivity contribution in [1.29, 1.82) is 0 Å². The Kier molecular flexibility index (Phi) is 3.74. The quantitative estimate of drug-likeness (QED) is 0.774. The first-order valence-electron chi connectivity index (χ1n) is 4.27. The van der Waals surface area contributed by atoms with Gasteiger partial charge in [0.05, 0.1) is 12.7 Å². The number of carbonyl (C=O) groups excluding carboxylic acids is 1. The third kappa shape index (κ3) is 2.50.